The molecular weight excluding hydrogens is 607 g/mol. The molecule has 0 saturated heterocycles. The Morgan fingerprint density at radius 1 is 0.720 bits per heavy atom. The van der Waals surface area contributed by atoms with Crippen molar-refractivity contribution in [3.8, 4) is 0 Å². The second-order valence-corrected chi connectivity index (χ2v) is 14.4. The number of hydrogen-bond donors (Lipinski definition) is 0. The van der Waals surface area contributed by atoms with Crippen molar-refractivity contribution in [1.29, 1.82) is 0 Å². The van der Waals surface area contributed by atoms with Crippen molar-refractivity contribution in [2.45, 2.75) is 56.5 Å². The quantitative estimate of drug-likeness (QED) is 0.216. The van der Waals surface area contributed by atoms with E-state index >= 15 is 0 Å². The molecule has 4 aromatic rings. The SMILES string of the molecule is C1=CCC(C2CC(c3ccccc3)=CC(N3c4ccccc4C4=C(C5CC=Cc6c5n(C5=CCCC=C5)c5ccccc65)C=CCC43)=N2)C=C1. The first-order valence-electron chi connectivity index (χ1n) is 18.5. The van der Waals surface area contributed by atoms with E-state index in [0.717, 1.165) is 44.4 Å². The van der Waals surface area contributed by atoms with E-state index in [1.54, 1.807) is 0 Å². The third-order valence-electron chi connectivity index (χ3n) is 11.5. The lowest BCUT2D eigenvalue weighted by Gasteiger charge is -2.35. The first-order chi connectivity index (χ1) is 24.8. The van der Waals surface area contributed by atoms with Crippen LogP contribution in [0.4, 0.5) is 5.69 Å². The number of benzene rings is 3. The predicted molar refractivity (Wildman–Crippen MR) is 211 cm³/mol. The molecule has 0 radical (unpaired) electrons. The molecule has 0 saturated carbocycles. The monoisotopic (exact) mass is 647 g/mol. The van der Waals surface area contributed by atoms with Crippen LogP contribution in [0.1, 0.15) is 66.8 Å². The highest BCUT2D eigenvalue weighted by molar-refractivity contribution is 6.16. The largest absolute Gasteiger partial charge is 0.318 e. The molecule has 3 heterocycles. The summed E-state index contributed by atoms with van der Waals surface area (Å²) in [6, 6.07) is 29.4. The zero-order valence-corrected chi connectivity index (χ0v) is 28.3. The fraction of sp³-hybridized carbons (Fsp3) is 0.213. The summed E-state index contributed by atoms with van der Waals surface area (Å²) < 4.78 is 2.58. The van der Waals surface area contributed by atoms with Gasteiger partial charge < -0.3 is 9.47 Å². The van der Waals surface area contributed by atoms with Crippen molar-refractivity contribution in [2.75, 3.05) is 4.90 Å². The Labute approximate surface area is 295 Å². The number of para-hydroxylation sites is 2. The lowest BCUT2D eigenvalue weighted by atomic mass is 9.78. The molecule has 3 nitrogen and oxygen atoms in total. The molecule has 0 fully saturated rings. The zero-order valence-electron chi connectivity index (χ0n) is 28.3. The van der Waals surface area contributed by atoms with Gasteiger partial charge in [-0.15, -0.1) is 0 Å². The number of fused-ring (bicyclic) bond motifs is 6. The summed E-state index contributed by atoms with van der Waals surface area (Å²) in [5.41, 5.74) is 13.6. The van der Waals surface area contributed by atoms with Gasteiger partial charge in [0, 0.05) is 39.7 Å². The molecule has 0 amide bonds. The predicted octanol–water partition coefficient (Wildman–Crippen LogP) is 11.3. The number of aromatic nitrogens is 1. The number of nitrogens with zero attached hydrogens (tertiary/aromatic N) is 3. The first kappa shape index (κ1) is 29.5. The second-order valence-electron chi connectivity index (χ2n) is 14.4. The van der Waals surface area contributed by atoms with Crippen molar-refractivity contribution in [3.63, 3.8) is 0 Å². The number of anilines is 1. The summed E-state index contributed by atoms with van der Waals surface area (Å²) in [4.78, 5) is 8.23. The summed E-state index contributed by atoms with van der Waals surface area (Å²) in [6.07, 6.45) is 34.4. The molecule has 3 heteroatoms. The lowest BCUT2D eigenvalue weighted by Crippen LogP contribution is -2.40. The van der Waals surface area contributed by atoms with Gasteiger partial charge in [-0.05, 0) is 85.1 Å². The highest BCUT2D eigenvalue weighted by atomic mass is 15.2. The van der Waals surface area contributed by atoms with Gasteiger partial charge in [-0.25, -0.2) is 0 Å². The molecule has 1 aromatic heterocycles. The van der Waals surface area contributed by atoms with Crippen LogP contribution in [-0.4, -0.2) is 22.5 Å². The maximum Gasteiger partial charge on any atom is 0.129 e. The van der Waals surface area contributed by atoms with Gasteiger partial charge in [-0.1, -0.05) is 127 Å². The van der Waals surface area contributed by atoms with Gasteiger partial charge in [0.1, 0.15) is 5.84 Å². The Balaban J connectivity index is 1.14. The van der Waals surface area contributed by atoms with E-state index in [2.05, 4.69) is 161 Å². The fourth-order valence-electron chi connectivity index (χ4n) is 9.32. The molecule has 10 rings (SSSR count). The van der Waals surface area contributed by atoms with E-state index in [4.69, 9.17) is 4.99 Å². The van der Waals surface area contributed by atoms with E-state index in [9.17, 15) is 0 Å². The third-order valence-corrected chi connectivity index (χ3v) is 11.5. The van der Waals surface area contributed by atoms with Crippen molar-refractivity contribution in [1.82, 2.24) is 4.57 Å². The van der Waals surface area contributed by atoms with Crippen LogP contribution in [0.25, 0.3) is 33.8 Å². The number of aliphatic imine (C=N–C) groups is 1. The summed E-state index contributed by atoms with van der Waals surface area (Å²) in [5.74, 6) is 1.74. The van der Waals surface area contributed by atoms with Gasteiger partial charge in [0.25, 0.3) is 0 Å². The van der Waals surface area contributed by atoms with Crippen LogP contribution >= 0.6 is 0 Å². The van der Waals surface area contributed by atoms with Crippen LogP contribution in [0.15, 0.2) is 156 Å². The molecular formula is C47H41N3. The minimum absolute atomic E-state index is 0.195. The van der Waals surface area contributed by atoms with Gasteiger partial charge in [-0.3, -0.25) is 4.99 Å². The Morgan fingerprint density at radius 2 is 1.58 bits per heavy atom. The molecule has 4 unspecified atom stereocenters. The van der Waals surface area contributed by atoms with Gasteiger partial charge >= 0.3 is 0 Å². The minimum Gasteiger partial charge on any atom is -0.318 e. The van der Waals surface area contributed by atoms with Crippen LogP contribution in [0.3, 0.4) is 0 Å². The average Bonchev–Trinajstić information content (AvgIpc) is 3.72. The number of allylic oxidation sites excluding steroid dienone is 10. The smallest absolute Gasteiger partial charge is 0.129 e. The van der Waals surface area contributed by atoms with E-state index in [0.29, 0.717) is 5.92 Å². The summed E-state index contributed by atoms with van der Waals surface area (Å²) in [7, 11) is 0. The average molecular weight is 648 g/mol. The van der Waals surface area contributed by atoms with Crippen LogP contribution in [0.5, 0.6) is 0 Å². The third kappa shape index (κ3) is 4.75. The molecule has 50 heavy (non-hydrogen) atoms. The second kappa shape index (κ2) is 12.2. The van der Waals surface area contributed by atoms with E-state index in [-0.39, 0.29) is 18.0 Å². The highest BCUT2D eigenvalue weighted by Gasteiger charge is 2.42. The molecule has 0 bridgehead atoms. The Kier molecular flexibility index (Phi) is 7.18. The molecule has 244 valence electrons. The van der Waals surface area contributed by atoms with Gasteiger partial charge in [-0.2, -0.15) is 0 Å². The molecule has 4 atom stereocenters. The highest BCUT2D eigenvalue weighted by Crippen LogP contribution is 2.52. The standard InChI is InChI=1S/C47H41N3/c1-4-16-32(17-5-1)34-30-41(33-18-6-2-7-19-33)48-45(31-34)50-43-28-13-11-23-40(43)46-37(24-15-29-44(46)50)39-26-14-25-38-36-22-10-12-27-42(36)49(47(38)39)35-20-8-3-9-21-35/h1-2,4-8,10-18,20-25,27-28,31,33,39,41,44H,3,9,19,26,29-30H2. The molecule has 3 aromatic carbocycles. The van der Waals surface area contributed by atoms with Gasteiger partial charge in [0.2, 0.25) is 0 Å². The molecule has 2 aliphatic heterocycles. The Hall–Kier alpha value is -5.41. The number of amidine groups is 1. The van der Waals surface area contributed by atoms with E-state index in [1.807, 2.05) is 0 Å². The van der Waals surface area contributed by atoms with E-state index < -0.39 is 0 Å². The molecule has 4 aliphatic carbocycles. The van der Waals surface area contributed by atoms with Crippen molar-refractivity contribution in [3.05, 3.63) is 174 Å². The maximum atomic E-state index is 5.63. The number of hydrogen-bond acceptors (Lipinski definition) is 2. The zero-order chi connectivity index (χ0) is 33.0. The topological polar surface area (TPSA) is 20.5 Å². The van der Waals surface area contributed by atoms with Crippen molar-refractivity contribution >= 4 is 45.3 Å². The number of rotatable bonds is 4. The normalized spacial score (nSPS) is 25.0. The van der Waals surface area contributed by atoms with Crippen LogP contribution in [0, 0.1) is 5.92 Å². The van der Waals surface area contributed by atoms with E-state index in [1.165, 1.54) is 61.4 Å². The Bertz CT molecular complexity index is 2300. The Morgan fingerprint density at radius 3 is 2.46 bits per heavy atom. The summed E-state index contributed by atoms with van der Waals surface area (Å²) in [6.45, 7) is 0. The first-order valence-corrected chi connectivity index (χ1v) is 18.5. The fourth-order valence-corrected chi connectivity index (χ4v) is 9.32. The molecule has 0 spiro atoms. The van der Waals surface area contributed by atoms with Crippen LogP contribution in [-0.2, 0) is 0 Å². The van der Waals surface area contributed by atoms with Crippen LogP contribution in [0.2, 0.25) is 0 Å². The maximum absolute atomic E-state index is 5.63. The summed E-state index contributed by atoms with van der Waals surface area (Å²) in [5, 5.41) is 1.34. The van der Waals surface area contributed by atoms with Crippen molar-refractivity contribution in [2.24, 2.45) is 10.9 Å². The van der Waals surface area contributed by atoms with Gasteiger partial charge in [0.15, 0.2) is 0 Å². The van der Waals surface area contributed by atoms with Crippen LogP contribution < -0.4 is 4.90 Å². The minimum atomic E-state index is 0.195. The summed E-state index contributed by atoms with van der Waals surface area (Å²) >= 11 is 0. The van der Waals surface area contributed by atoms with Crippen molar-refractivity contribution < 1.29 is 0 Å². The number of dihydropyridines is 1. The van der Waals surface area contributed by atoms with Gasteiger partial charge in [0.05, 0.1) is 23.3 Å². The lowest BCUT2D eigenvalue weighted by molar-refractivity contribution is 0.510. The molecule has 6 aliphatic rings. The molecule has 0 N–H and O–H groups in total.